The molecule has 0 aliphatic carbocycles. The molecule has 2 aromatic rings. The molecule has 2 aromatic carbocycles. The Kier molecular flexibility index (Phi) is 6.93. The summed E-state index contributed by atoms with van der Waals surface area (Å²) in [6.45, 7) is 5.77. The molecule has 7 heteroatoms. The zero-order valence-electron chi connectivity index (χ0n) is 17.2. The van der Waals surface area contributed by atoms with Crippen molar-refractivity contribution in [3.05, 3.63) is 53.8 Å². The third-order valence-corrected chi connectivity index (χ3v) is 5.35. The number of carbonyl (C=O) groups is 1. The monoisotopic (exact) mass is 402 g/mol. The van der Waals surface area contributed by atoms with Gasteiger partial charge in [-0.25, -0.2) is 4.39 Å². The lowest BCUT2D eigenvalue weighted by molar-refractivity contribution is -0.892. The van der Waals surface area contributed by atoms with Crippen molar-refractivity contribution in [3.8, 4) is 11.5 Å². The molecule has 1 saturated heterocycles. The van der Waals surface area contributed by atoms with Gasteiger partial charge in [-0.05, 0) is 49.4 Å². The maximum atomic E-state index is 13.1. The van der Waals surface area contributed by atoms with Crippen molar-refractivity contribution in [2.45, 2.75) is 13.0 Å². The Morgan fingerprint density at radius 2 is 1.83 bits per heavy atom. The lowest BCUT2D eigenvalue weighted by atomic mass is 10.1. The van der Waals surface area contributed by atoms with E-state index in [2.05, 4.69) is 10.2 Å². The average molecular weight is 402 g/mol. The first-order valence-corrected chi connectivity index (χ1v) is 9.85. The quantitative estimate of drug-likeness (QED) is 0.736. The van der Waals surface area contributed by atoms with Gasteiger partial charge in [-0.2, -0.15) is 0 Å². The highest BCUT2D eigenvalue weighted by molar-refractivity contribution is 5.77. The van der Waals surface area contributed by atoms with E-state index in [1.165, 1.54) is 17.0 Å². The van der Waals surface area contributed by atoms with Gasteiger partial charge in [0, 0.05) is 11.3 Å². The Morgan fingerprint density at radius 1 is 1.14 bits per heavy atom. The fourth-order valence-electron chi connectivity index (χ4n) is 3.68. The van der Waals surface area contributed by atoms with Crippen LogP contribution in [0, 0.1) is 5.82 Å². The first-order valence-electron chi connectivity index (χ1n) is 9.85. The zero-order chi connectivity index (χ0) is 20.8. The number of ether oxygens (including phenoxy) is 2. The summed E-state index contributed by atoms with van der Waals surface area (Å²) in [4.78, 5) is 16.0. The number of nitrogens with one attached hydrogen (secondary N) is 2. The van der Waals surface area contributed by atoms with Crippen molar-refractivity contribution in [2.24, 2.45) is 0 Å². The minimum absolute atomic E-state index is 0.00704. The second kappa shape index (κ2) is 9.60. The van der Waals surface area contributed by atoms with E-state index in [0.29, 0.717) is 6.54 Å². The molecule has 1 aliphatic heterocycles. The summed E-state index contributed by atoms with van der Waals surface area (Å²) in [5, 5.41) is 3.07. The molecule has 1 amide bonds. The van der Waals surface area contributed by atoms with Crippen LogP contribution in [-0.2, 0) is 4.79 Å². The van der Waals surface area contributed by atoms with Crippen molar-refractivity contribution in [1.82, 2.24) is 5.32 Å². The van der Waals surface area contributed by atoms with E-state index in [-0.39, 0.29) is 17.8 Å². The van der Waals surface area contributed by atoms with Gasteiger partial charge >= 0.3 is 0 Å². The summed E-state index contributed by atoms with van der Waals surface area (Å²) in [5.74, 6) is 1.23. The number of rotatable bonds is 7. The maximum absolute atomic E-state index is 13.1. The van der Waals surface area contributed by atoms with Gasteiger partial charge in [0.25, 0.3) is 5.91 Å². The fourth-order valence-corrected chi connectivity index (χ4v) is 3.68. The van der Waals surface area contributed by atoms with E-state index in [4.69, 9.17) is 9.47 Å². The molecule has 0 spiro atoms. The molecule has 2 N–H and O–H groups in total. The van der Waals surface area contributed by atoms with E-state index >= 15 is 0 Å². The average Bonchev–Trinajstić information content (AvgIpc) is 2.74. The smallest absolute Gasteiger partial charge is 0.275 e. The number of piperazine rings is 1. The molecule has 1 fully saturated rings. The summed E-state index contributed by atoms with van der Waals surface area (Å²) in [6, 6.07) is 11.9. The topological polar surface area (TPSA) is 55.2 Å². The molecule has 156 valence electrons. The minimum Gasteiger partial charge on any atom is -0.497 e. The highest BCUT2D eigenvalue weighted by Crippen LogP contribution is 2.29. The number of halogens is 1. The van der Waals surface area contributed by atoms with Crippen molar-refractivity contribution in [3.63, 3.8) is 0 Å². The van der Waals surface area contributed by atoms with Crippen LogP contribution < -0.4 is 24.6 Å². The van der Waals surface area contributed by atoms with Crippen LogP contribution >= 0.6 is 0 Å². The van der Waals surface area contributed by atoms with Crippen molar-refractivity contribution < 1.29 is 23.6 Å². The number of hydrogen-bond acceptors (Lipinski definition) is 4. The highest BCUT2D eigenvalue weighted by Gasteiger charge is 2.24. The lowest BCUT2D eigenvalue weighted by Gasteiger charge is -2.33. The van der Waals surface area contributed by atoms with Gasteiger partial charge in [-0.3, -0.25) is 4.79 Å². The van der Waals surface area contributed by atoms with E-state index in [1.807, 2.05) is 25.1 Å². The number of amides is 1. The van der Waals surface area contributed by atoms with E-state index in [0.717, 1.165) is 48.9 Å². The predicted octanol–water partition coefficient (Wildman–Crippen LogP) is 1.43. The Bertz CT molecular complexity index is 821. The molecule has 0 saturated carbocycles. The number of nitrogens with zero attached hydrogens (tertiary/aromatic N) is 1. The van der Waals surface area contributed by atoms with Crippen LogP contribution in [0.3, 0.4) is 0 Å². The van der Waals surface area contributed by atoms with Crippen LogP contribution in [-0.4, -0.2) is 52.9 Å². The van der Waals surface area contributed by atoms with E-state index in [1.54, 1.807) is 26.4 Å². The molecule has 1 atom stereocenters. The van der Waals surface area contributed by atoms with Crippen LogP contribution in [0.15, 0.2) is 42.5 Å². The third-order valence-electron chi connectivity index (χ3n) is 5.35. The zero-order valence-corrected chi connectivity index (χ0v) is 17.2. The standard InChI is InChI=1S/C22H28FN3O3/c1-16(20-14-19(28-2)8-9-21(20)29-3)24-22(27)15-25-10-12-26(13-11-25)18-6-4-17(23)5-7-18/h4-9,14,16H,10-13,15H2,1-3H3,(H,24,27)/p+1/t16-/m0/s1. The number of benzene rings is 2. The molecular formula is C22H29FN3O3+. The third kappa shape index (κ3) is 5.38. The highest BCUT2D eigenvalue weighted by atomic mass is 19.1. The molecule has 1 heterocycles. The number of carbonyl (C=O) groups excluding carboxylic acids is 1. The number of anilines is 1. The van der Waals surface area contributed by atoms with Crippen LogP contribution in [0.1, 0.15) is 18.5 Å². The minimum atomic E-state index is -0.225. The van der Waals surface area contributed by atoms with Crippen LogP contribution in [0.25, 0.3) is 0 Å². The summed E-state index contributed by atoms with van der Waals surface area (Å²) in [5.41, 5.74) is 1.91. The largest absolute Gasteiger partial charge is 0.497 e. The van der Waals surface area contributed by atoms with Crippen molar-refractivity contribution in [2.75, 3.05) is 51.8 Å². The SMILES string of the molecule is COc1ccc(OC)c([C@H](C)NC(=O)C[NH+]2CCN(c3ccc(F)cc3)CC2)c1. The van der Waals surface area contributed by atoms with Crippen LogP contribution in [0.2, 0.25) is 0 Å². The number of hydrogen-bond donors (Lipinski definition) is 2. The van der Waals surface area contributed by atoms with Gasteiger partial charge < -0.3 is 24.6 Å². The predicted molar refractivity (Wildman–Crippen MR) is 110 cm³/mol. The van der Waals surface area contributed by atoms with Gasteiger partial charge in [0.05, 0.1) is 46.4 Å². The Hall–Kier alpha value is -2.80. The normalized spacial score (nSPS) is 15.7. The van der Waals surface area contributed by atoms with Gasteiger partial charge in [0.2, 0.25) is 0 Å². The summed E-state index contributed by atoms with van der Waals surface area (Å²) >= 11 is 0. The van der Waals surface area contributed by atoms with Gasteiger partial charge in [-0.15, -0.1) is 0 Å². The molecule has 0 bridgehead atoms. The van der Waals surface area contributed by atoms with Crippen LogP contribution in [0.4, 0.5) is 10.1 Å². The number of methoxy groups -OCH3 is 2. The molecular weight excluding hydrogens is 373 g/mol. The lowest BCUT2D eigenvalue weighted by Crippen LogP contribution is -3.15. The second-order valence-electron chi connectivity index (χ2n) is 7.29. The Labute approximate surface area is 171 Å². The number of quaternary nitrogens is 1. The van der Waals surface area contributed by atoms with Gasteiger partial charge in [0.1, 0.15) is 17.3 Å². The molecule has 6 nitrogen and oxygen atoms in total. The molecule has 3 rings (SSSR count). The molecule has 29 heavy (non-hydrogen) atoms. The van der Waals surface area contributed by atoms with E-state index < -0.39 is 0 Å². The van der Waals surface area contributed by atoms with E-state index in [9.17, 15) is 9.18 Å². The Balaban J connectivity index is 1.52. The molecule has 0 aromatic heterocycles. The summed E-state index contributed by atoms with van der Waals surface area (Å²) < 4.78 is 23.8. The van der Waals surface area contributed by atoms with Gasteiger partial charge in [0.15, 0.2) is 6.54 Å². The van der Waals surface area contributed by atoms with Crippen molar-refractivity contribution >= 4 is 11.6 Å². The second-order valence-corrected chi connectivity index (χ2v) is 7.29. The van der Waals surface area contributed by atoms with Crippen LogP contribution in [0.5, 0.6) is 11.5 Å². The first kappa shape index (κ1) is 20.9. The first-order chi connectivity index (χ1) is 14.0. The molecule has 0 radical (unpaired) electrons. The van der Waals surface area contributed by atoms with Crippen molar-refractivity contribution in [1.29, 1.82) is 0 Å². The Morgan fingerprint density at radius 3 is 2.45 bits per heavy atom. The summed E-state index contributed by atoms with van der Waals surface area (Å²) in [7, 11) is 3.23. The van der Waals surface area contributed by atoms with Gasteiger partial charge in [-0.1, -0.05) is 0 Å². The summed E-state index contributed by atoms with van der Waals surface area (Å²) in [6.07, 6.45) is 0. The molecule has 1 aliphatic rings. The molecule has 0 unspecified atom stereocenters. The fraction of sp³-hybridized carbons (Fsp3) is 0.409. The maximum Gasteiger partial charge on any atom is 0.275 e.